The molecular weight excluding hydrogens is 402 g/mol. The highest BCUT2D eigenvalue weighted by Gasteiger charge is 2.25. The molecule has 2 aromatic heterocycles. The number of nitrogens with zero attached hydrogens (tertiary/aromatic N) is 3. The molecule has 0 saturated carbocycles. The summed E-state index contributed by atoms with van der Waals surface area (Å²) in [5.74, 6) is 0. The number of aromatic nitrogens is 2. The Balaban J connectivity index is 1.45. The van der Waals surface area contributed by atoms with Crippen molar-refractivity contribution < 1.29 is 0 Å². The summed E-state index contributed by atoms with van der Waals surface area (Å²) in [6, 6.07) is 15.0. The Kier molecular flexibility index (Phi) is 5.89. The Morgan fingerprint density at radius 3 is 2.58 bits per heavy atom. The van der Waals surface area contributed by atoms with Crippen LogP contribution >= 0.6 is 11.6 Å². The molecule has 0 spiro atoms. The molecule has 0 atom stereocenters. The Labute approximate surface area is 189 Å². The number of aryl methyl sites for hydroxylation is 3. The van der Waals surface area contributed by atoms with Crippen molar-refractivity contribution in [2.24, 2.45) is 0 Å². The van der Waals surface area contributed by atoms with E-state index in [-0.39, 0.29) is 0 Å². The number of benzene rings is 1. The summed E-state index contributed by atoms with van der Waals surface area (Å²) in [5.41, 5.74) is 10.6. The summed E-state index contributed by atoms with van der Waals surface area (Å²) in [5, 5.41) is 0.818. The summed E-state index contributed by atoms with van der Waals surface area (Å²) in [6.07, 6.45) is 9.10. The summed E-state index contributed by atoms with van der Waals surface area (Å²) >= 11 is 6.35. The summed E-state index contributed by atoms with van der Waals surface area (Å²) in [4.78, 5) is 12.0. The summed E-state index contributed by atoms with van der Waals surface area (Å²) < 4.78 is 0. The monoisotopic (exact) mass is 429 g/mol. The standard InChI is InChI=1S/C27H28ClN3/c1-2-19-9-13-29-24(16-19)18-31-14-10-20(11-15-31)26-25-8-7-23(28)17-22(25)6-5-21-4-3-12-30-27(21)26/h3-4,7-9,12-13,16-17H,2,5-6,10-11,14-15,18H2,1H3. The highest BCUT2D eigenvalue weighted by molar-refractivity contribution is 6.30. The third-order valence-corrected chi connectivity index (χ3v) is 6.85. The molecule has 3 aromatic rings. The molecule has 0 N–H and O–H groups in total. The summed E-state index contributed by atoms with van der Waals surface area (Å²) in [6.45, 7) is 5.24. The van der Waals surface area contributed by atoms with Crippen molar-refractivity contribution in [3.8, 4) is 0 Å². The lowest BCUT2D eigenvalue weighted by atomic mass is 9.88. The van der Waals surface area contributed by atoms with E-state index in [2.05, 4.69) is 53.2 Å². The van der Waals surface area contributed by atoms with Crippen molar-refractivity contribution in [1.29, 1.82) is 0 Å². The maximum Gasteiger partial charge on any atom is 0.0739 e. The van der Waals surface area contributed by atoms with Crippen LogP contribution in [0.15, 0.2) is 60.4 Å². The molecule has 0 bridgehead atoms. The quantitative estimate of drug-likeness (QED) is 0.519. The number of piperidine rings is 1. The van der Waals surface area contributed by atoms with Gasteiger partial charge in [0.15, 0.2) is 0 Å². The van der Waals surface area contributed by atoms with E-state index < -0.39 is 0 Å². The molecule has 0 unspecified atom stereocenters. The topological polar surface area (TPSA) is 29.0 Å². The molecule has 0 radical (unpaired) electrons. The zero-order chi connectivity index (χ0) is 21.2. The zero-order valence-corrected chi connectivity index (χ0v) is 18.8. The highest BCUT2D eigenvalue weighted by Crippen LogP contribution is 2.38. The fraction of sp³-hybridized carbons (Fsp3) is 0.333. The second-order valence-electron chi connectivity index (χ2n) is 8.58. The van der Waals surface area contributed by atoms with Crippen LogP contribution in [0.4, 0.5) is 0 Å². The van der Waals surface area contributed by atoms with Gasteiger partial charge in [-0.05, 0) is 84.7 Å². The molecule has 158 valence electrons. The van der Waals surface area contributed by atoms with E-state index in [0.29, 0.717) is 0 Å². The maximum atomic E-state index is 6.35. The van der Waals surface area contributed by atoms with Gasteiger partial charge in [-0.2, -0.15) is 0 Å². The van der Waals surface area contributed by atoms with Crippen LogP contribution in [-0.2, 0) is 25.8 Å². The predicted molar refractivity (Wildman–Crippen MR) is 127 cm³/mol. The van der Waals surface area contributed by atoms with Crippen LogP contribution in [0, 0.1) is 0 Å². The van der Waals surface area contributed by atoms with E-state index in [4.69, 9.17) is 16.6 Å². The fourth-order valence-electron chi connectivity index (χ4n) is 4.93. The molecule has 1 saturated heterocycles. The number of fused-ring (bicyclic) bond motifs is 2. The number of halogens is 1. The molecule has 3 heterocycles. The van der Waals surface area contributed by atoms with Gasteiger partial charge in [-0.1, -0.05) is 36.2 Å². The molecule has 1 aliphatic carbocycles. The van der Waals surface area contributed by atoms with Crippen LogP contribution in [0.1, 0.15) is 53.4 Å². The van der Waals surface area contributed by atoms with E-state index in [1.54, 1.807) is 0 Å². The number of likely N-dealkylation sites (tertiary alicyclic amines) is 1. The van der Waals surface area contributed by atoms with Crippen molar-refractivity contribution in [2.45, 2.75) is 45.6 Å². The minimum atomic E-state index is 0.818. The van der Waals surface area contributed by atoms with Gasteiger partial charge in [0.2, 0.25) is 0 Å². The van der Waals surface area contributed by atoms with Crippen LogP contribution in [-0.4, -0.2) is 28.0 Å². The Hall–Kier alpha value is -2.49. The van der Waals surface area contributed by atoms with Crippen LogP contribution in [0.2, 0.25) is 5.02 Å². The molecule has 1 fully saturated rings. The Morgan fingerprint density at radius 2 is 1.74 bits per heavy atom. The minimum Gasteiger partial charge on any atom is -0.297 e. The predicted octanol–water partition coefficient (Wildman–Crippen LogP) is 5.89. The lowest BCUT2D eigenvalue weighted by molar-refractivity contribution is 0.246. The smallest absolute Gasteiger partial charge is 0.0739 e. The van der Waals surface area contributed by atoms with E-state index in [0.717, 1.165) is 56.8 Å². The largest absolute Gasteiger partial charge is 0.297 e. The zero-order valence-electron chi connectivity index (χ0n) is 18.1. The van der Waals surface area contributed by atoms with Gasteiger partial charge in [0.1, 0.15) is 0 Å². The van der Waals surface area contributed by atoms with Crippen molar-refractivity contribution in [1.82, 2.24) is 14.9 Å². The van der Waals surface area contributed by atoms with Gasteiger partial charge in [-0.15, -0.1) is 0 Å². The average molecular weight is 430 g/mol. The first kappa shape index (κ1) is 20.4. The molecule has 1 aromatic carbocycles. The first-order chi connectivity index (χ1) is 15.2. The van der Waals surface area contributed by atoms with Crippen molar-refractivity contribution in [3.05, 3.63) is 99.1 Å². The average Bonchev–Trinajstić information content (AvgIpc) is 2.96. The number of pyridine rings is 2. The second-order valence-corrected chi connectivity index (χ2v) is 9.01. The molecular formula is C27H28ClN3. The van der Waals surface area contributed by atoms with Crippen LogP contribution in [0.25, 0.3) is 5.57 Å². The SMILES string of the molecule is CCc1ccnc(CN2CCC(=C3c4ccc(Cl)cc4CCc4cccnc43)CC2)c1. The number of rotatable bonds is 3. The van der Waals surface area contributed by atoms with Gasteiger partial charge in [-0.3, -0.25) is 14.9 Å². The van der Waals surface area contributed by atoms with E-state index in [9.17, 15) is 0 Å². The molecule has 1 aliphatic heterocycles. The van der Waals surface area contributed by atoms with E-state index in [1.807, 2.05) is 18.5 Å². The second kappa shape index (κ2) is 8.94. The van der Waals surface area contributed by atoms with Gasteiger partial charge >= 0.3 is 0 Å². The van der Waals surface area contributed by atoms with Crippen molar-refractivity contribution >= 4 is 17.2 Å². The van der Waals surface area contributed by atoms with Crippen LogP contribution in [0.5, 0.6) is 0 Å². The van der Waals surface area contributed by atoms with E-state index >= 15 is 0 Å². The number of hydrogen-bond acceptors (Lipinski definition) is 3. The Morgan fingerprint density at radius 1 is 0.903 bits per heavy atom. The third kappa shape index (κ3) is 4.30. The van der Waals surface area contributed by atoms with Gasteiger partial charge in [-0.25, -0.2) is 0 Å². The first-order valence-corrected chi connectivity index (χ1v) is 11.7. The first-order valence-electron chi connectivity index (χ1n) is 11.3. The molecule has 2 aliphatic rings. The van der Waals surface area contributed by atoms with Crippen molar-refractivity contribution in [3.63, 3.8) is 0 Å². The highest BCUT2D eigenvalue weighted by atomic mass is 35.5. The lowest BCUT2D eigenvalue weighted by Crippen LogP contribution is -2.31. The van der Waals surface area contributed by atoms with E-state index in [1.165, 1.54) is 44.8 Å². The summed E-state index contributed by atoms with van der Waals surface area (Å²) in [7, 11) is 0. The minimum absolute atomic E-state index is 0.818. The van der Waals surface area contributed by atoms with Gasteiger partial charge < -0.3 is 0 Å². The number of hydrogen-bond donors (Lipinski definition) is 0. The van der Waals surface area contributed by atoms with Gasteiger partial charge in [0, 0.05) is 42.6 Å². The Bertz CT molecular complexity index is 1120. The molecule has 3 nitrogen and oxygen atoms in total. The maximum absolute atomic E-state index is 6.35. The normalized spacial score (nSPS) is 16.6. The van der Waals surface area contributed by atoms with Crippen molar-refractivity contribution in [2.75, 3.05) is 13.1 Å². The molecule has 31 heavy (non-hydrogen) atoms. The van der Waals surface area contributed by atoms with Gasteiger partial charge in [0.05, 0.1) is 11.4 Å². The molecule has 0 amide bonds. The fourth-order valence-corrected chi connectivity index (χ4v) is 5.12. The third-order valence-electron chi connectivity index (χ3n) is 6.62. The van der Waals surface area contributed by atoms with Gasteiger partial charge in [0.25, 0.3) is 0 Å². The molecule has 5 rings (SSSR count). The van der Waals surface area contributed by atoms with Crippen LogP contribution < -0.4 is 0 Å². The molecule has 4 heteroatoms. The van der Waals surface area contributed by atoms with Crippen LogP contribution in [0.3, 0.4) is 0 Å². The lowest BCUT2D eigenvalue weighted by Gasteiger charge is -2.30.